The Morgan fingerprint density at radius 3 is 2.73 bits per heavy atom. The Balaban J connectivity index is 2.81. The summed E-state index contributed by atoms with van der Waals surface area (Å²) in [6.45, 7) is 4.33. The third-order valence-corrected chi connectivity index (χ3v) is 1.66. The van der Waals surface area contributed by atoms with Crippen LogP contribution in [0.15, 0.2) is 4.99 Å². The number of carbonyl (C=O) groups excluding carboxylic acids is 1. The van der Waals surface area contributed by atoms with Crippen LogP contribution in [0.5, 0.6) is 0 Å². The summed E-state index contributed by atoms with van der Waals surface area (Å²) in [7, 11) is 0. The predicted octanol–water partition coefficient (Wildman–Crippen LogP) is 0.541. The van der Waals surface area contributed by atoms with Crippen molar-refractivity contribution in [2.24, 2.45) is 10.9 Å². The number of thiocarbonyl (C=S) groups is 1. The van der Waals surface area contributed by atoms with Crippen molar-refractivity contribution < 1.29 is 4.79 Å². The zero-order valence-corrected chi connectivity index (χ0v) is 7.36. The number of nitrogens with zero attached hydrogens (tertiary/aromatic N) is 1. The van der Waals surface area contributed by atoms with Crippen molar-refractivity contribution in [3.8, 4) is 0 Å². The van der Waals surface area contributed by atoms with Crippen molar-refractivity contribution in [2.75, 3.05) is 6.54 Å². The molecule has 0 aromatic carbocycles. The minimum atomic E-state index is -0.142. The topological polar surface area (TPSA) is 41.5 Å². The summed E-state index contributed by atoms with van der Waals surface area (Å²) in [5.41, 5.74) is 0.596. The van der Waals surface area contributed by atoms with E-state index in [0.29, 0.717) is 17.2 Å². The molecular formula is C7H10N2OS. The molecule has 0 fully saturated rings. The lowest BCUT2D eigenvalue weighted by atomic mass is 10.1. The molecule has 0 radical (unpaired) electrons. The lowest BCUT2D eigenvalue weighted by Gasteiger charge is -2.15. The first-order valence-electron chi connectivity index (χ1n) is 3.50. The van der Waals surface area contributed by atoms with E-state index >= 15 is 0 Å². The second-order valence-electron chi connectivity index (χ2n) is 2.73. The van der Waals surface area contributed by atoms with Crippen molar-refractivity contribution >= 4 is 28.8 Å². The highest BCUT2D eigenvalue weighted by molar-refractivity contribution is 7.80. The fourth-order valence-corrected chi connectivity index (χ4v) is 1.06. The summed E-state index contributed by atoms with van der Waals surface area (Å²) in [5.74, 6) is 0.0364. The highest BCUT2D eigenvalue weighted by Crippen LogP contribution is 2.01. The average Bonchev–Trinajstić information content (AvgIpc) is 1.85. The van der Waals surface area contributed by atoms with Gasteiger partial charge in [-0.1, -0.05) is 26.1 Å². The van der Waals surface area contributed by atoms with Crippen molar-refractivity contribution in [1.29, 1.82) is 0 Å². The number of amides is 1. The van der Waals surface area contributed by atoms with Crippen LogP contribution in [-0.4, -0.2) is 23.2 Å². The number of rotatable bonds is 1. The molecule has 4 heteroatoms. The molecule has 0 bridgehead atoms. The maximum Gasteiger partial charge on any atom is 0.270 e. The Morgan fingerprint density at radius 2 is 2.27 bits per heavy atom. The van der Waals surface area contributed by atoms with E-state index < -0.39 is 0 Å². The lowest BCUT2D eigenvalue weighted by Crippen LogP contribution is -2.42. The minimum Gasteiger partial charge on any atom is -0.314 e. The van der Waals surface area contributed by atoms with E-state index in [9.17, 15) is 4.79 Å². The molecule has 1 rings (SSSR count). The Labute approximate surface area is 70.9 Å². The molecule has 0 aliphatic carbocycles. The van der Waals surface area contributed by atoms with E-state index in [0.717, 1.165) is 0 Å². The molecule has 3 nitrogen and oxygen atoms in total. The van der Waals surface area contributed by atoms with E-state index in [2.05, 4.69) is 10.3 Å². The first-order valence-corrected chi connectivity index (χ1v) is 3.90. The largest absolute Gasteiger partial charge is 0.314 e. The molecule has 1 heterocycles. The molecule has 0 saturated heterocycles. The molecule has 0 atom stereocenters. The van der Waals surface area contributed by atoms with Crippen molar-refractivity contribution in [2.45, 2.75) is 13.8 Å². The van der Waals surface area contributed by atoms with Gasteiger partial charge in [0.1, 0.15) is 10.7 Å². The Hall–Kier alpha value is -0.770. The summed E-state index contributed by atoms with van der Waals surface area (Å²) in [4.78, 5) is 15.7. The number of carbonyl (C=O) groups is 1. The molecule has 0 spiro atoms. The van der Waals surface area contributed by atoms with Gasteiger partial charge in [0, 0.05) is 5.92 Å². The quantitative estimate of drug-likeness (QED) is 0.584. The maximum absolute atomic E-state index is 11.1. The van der Waals surface area contributed by atoms with Crippen molar-refractivity contribution in [1.82, 2.24) is 5.32 Å². The van der Waals surface area contributed by atoms with Crippen LogP contribution in [0.25, 0.3) is 0 Å². The van der Waals surface area contributed by atoms with Crippen LogP contribution in [0, 0.1) is 5.92 Å². The van der Waals surface area contributed by atoms with E-state index in [1.54, 1.807) is 0 Å². The highest BCUT2D eigenvalue weighted by atomic mass is 32.1. The summed E-state index contributed by atoms with van der Waals surface area (Å²) in [5, 5.41) is 2.57. The summed E-state index contributed by atoms with van der Waals surface area (Å²) in [6.07, 6.45) is 0. The van der Waals surface area contributed by atoms with Crippen LogP contribution in [0.2, 0.25) is 0 Å². The van der Waals surface area contributed by atoms with Gasteiger partial charge in [-0.3, -0.25) is 9.79 Å². The molecule has 1 N–H and O–H groups in total. The molecule has 1 aliphatic heterocycles. The molecule has 11 heavy (non-hydrogen) atoms. The number of hydrogen-bond donors (Lipinski definition) is 1. The van der Waals surface area contributed by atoms with Crippen LogP contribution in [0.3, 0.4) is 0 Å². The predicted molar refractivity (Wildman–Crippen MR) is 47.9 cm³/mol. The second-order valence-corrected chi connectivity index (χ2v) is 3.23. The zero-order chi connectivity index (χ0) is 8.43. The maximum atomic E-state index is 11.1. The van der Waals surface area contributed by atoms with E-state index in [-0.39, 0.29) is 11.8 Å². The van der Waals surface area contributed by atoms with Gasteiger partial charge >= 0.3 is 0 Å². The third-order valence-electron chi connectivity index (χ3n) is 1.43. The molecule has 0 aromatic rings. The second kappa shape index (κ2) is 3.09. The fraction of sp³-hybridized carbons (Fsp3) is 0.571. The molecule has 0 unspecified atom stereocenters. The first-order chi connectivity index (χ1) is 5.11. The van der Waals surface area contributed by atoms with Gasteiger partial charge < -0.3 is 5.32 Å². The third kappa shape index (κ3) is 1.83. The van der Waals surface area contributed by atoms with Gasteiger partial charge in [0.25, 0.3) is 5.91 Å². The number of hydrogen-bond acceptors (Lipinski definition) is 3. The Morgan fingerprint density at radius 1 is 1.64 bits per heavy atom. The minimum absolute atomic E-state index is 0.142. The molecule has 60 valence electrons. The van der Waals surface area contributed by atoms with Gasteiger partial charge in [0.15, 0.2) is 0 Å². The molecular weight excluding hydrogens is 160 g/mol. The van der Waals surface area contributed by atoms with Gasteiger partial charge in [0.05, 0.1) is 6.54 Å². The van der Waals surface area contributed by atoms with Crippen LogP contribution < -0.4 is 5.32 Å². The number of nitrogens with one attached hydrogen (secondary N) is 1. The number of aliphatic imine (C=N–C) groups is 1. The van der Waals surface area contributed by atoms with Crippen LogP contribution in [0.1, 0.15) is 13.8 Å². The average molecular weight is 170 g/mol. The highest BCUT2D eigenvalue weighted by Gasteiger charge is 2.19. The first kappa shape index (κ1) is 8.33. The smallest absolute Gasteiger partial charge is 0.270 e. The van der Waals surface area contributed by atoms with E-state index in [1.807, 2.05) is 13.8 Å². The zero-order valence-electron chi connectivity index (χ0n) is 6.55. The Kier molecular flexibility index (Phi) is 2.34. The standard InChI is InChI=1S/C7H10N2OS/c1-4(2)6-7(10)9-5(11)3-8-6/h4H,3H2,1-2H3,(H,9,10,11). The van der Waals surface area contributed by atoms with Gasteiger partial charge in [0.2, 0.25) is 0 Å². The van der Waals surface area contributed by atoms with Crippen LogP contribution >= 0.6 is 12.2 Å². The van der Waals surface area contributed by atoms with Gasteiger partial charge in [-0.2, -0.15) is 0 Å². The van der Waals surface area contributed by atoms with Crippen LogP contribution in [0.4, 0.5) is 0 Å². The Bertz CT molecular complexity index is 233. The van der Waals surface area contributed by atoms with Gasteiger partial charge in [-0.05, 0) is 0 Å². The van der Waals surface area contributed by atoms with E-state index in [4.69, 9.17) is 12.2 Å². The molecule has 0 saturated carbocycles. The molecule has 1 aliphatic rings. The summed E-state index contributed by atoms with van der Waals surface area (Å²) >= 11 is 4.78. The normalized spacial score (nSPS) is 18.3. The van der Waals surface area contributed by atoms with Crippen molar-refractivity contribution in [3.63, 3.8) is 0 Å². The fourth-order valence-electron chi connectivity index (χ4n) is 0.904. The van der Waals surface area contributed by atoms with Gasteiger partial charge in [-0.25, -0.2) is 0 Å². The van der Waals surface area contributed by atoms with E-state index in [1.165, 1.54) is 0 Å². The SMILES string of the molecule is CC(C)C1=NCC(=S)NC1=O. The monoisotopic (exact) mass is 170 g/mol. The van der Waals surface area contributed by atoms with Gasteiger partial charge in [-0.15, -0.1) is 0 Å². The summed E-state index contributed by atoms with van der Waals surface area (Å²) < 4.78 is 0. The van der Waals surface area contributed by atoms with Crippen LogP contribution in [-0.2, 0) is 4.79 Å². The molecule has 0 aromatic heterocycles. The summed E-state index contributed by atoms with van der Waals surface area (Å²) in [6, 6.07) is 0. The molecule has 1 amide bonds. The lowest BCUT2D eigenvalue weighted by molar-refractivity contribution is -0.113. The van der Waals surface area contributed by atoms with Crippen molar-refractivity contribution in [3.05, 3.63) is 0 Å².